The van der Waals surface area contributed by atoms with E-state index in [0.29, 0.717) is 5.75 Å². The molecule has 1 saturated heterocycles. The molecule has 1 heterocycles. The molecule has 2 N–H and O–H groups in total. The van der Waals surface area contributed by atoms with Gasteiger partial charge in [0.05, 0.1) is 11.3 Å². The van der Waals surface area contributed by atoms with E-state index in [1.807, 2.05) is 24.3 Å². The molecule has 0 aliphatic carbocycles. The molecule has 1 fully saturated rings. The number of carbonyl (C=O) groups excluding carboxylic acids is 1. The van der Waals surface area contributed by atoms with Gasteiger partial charge < -0.3 is 20.1 Å². The minimum atomic E-state index is -1.07. The number of hydrogen-bond donors (Lipinski definition) is 2. The van der Waals surface area contributed by atoms with E-state index in [0.717, 1.165) is 31.6 Å². The van der Waals surface area contributed by atoms with Gasteiger partial charge in [-0.05, 0) is 43.2 Å². The Bertz CT molecular complexity index is 755. The standard InChI is InChI=1S/C19H20N2O4/c22-18(13-25-15-6-2-1-3-7-15)20-17-9-8-14(12-16(17)19(23)24)21-10-4-5-11-21/h1-3,6-9,12H,4-5,10-11,13H2,(H,20,22)(H,23,24). The molecule has 0 unspecified atom stereocenters. The van der Waals surface area contributed by atoms with Gasteiger partial charge in [-0.25, -0.2) is 4.79 Å². The number of nitrogens with zero attached hydrogens (tertiary/aromatic N) is 1. The fraction of sp³-hybridized carbons (Fsp3) is 0.263. The Morgan fingerprint density at radius 1 is 1.08 bits per heavy atom. The second kappa shape index (κ2) is 7.70. The first-order chi connectivity index (χ1) is 12.1. The van der Waals surface area contributed by atoms with E-state index in [2.05, 4.69) is 10.2 Å². The van der Waals surface area contributed by atoms with E-state index >= 15 is 0 Å². The molecule has 0 radical (unpaired) electrons. The number of nitrogens with one attached hydrogen (secondary N) is 1. The van der Waals surface area contributed by atoms with Gasteiger partial charge in [-0.2, -0.15) is 0 Å². The van der Waals surface area contributed by atoms with E-state index in [9.17, 15) is 14.7 Å². The van der Waals surface area contributed by atoms with Gasteiger partial charge in [-0.3, -0.25) is 4.79 Å². The Morgan fingerprint density at radius 2 is 1.80 bits per heavy atom. The fourth-order valence-electron chi connectivity index (χ4n) is 2.84. The van der Waals surface area contributed by atoms with E-state index in [-0.39, 0.29) is 17.9 Å². The highest BCUT2D eigenvalue weighted by Crippen LogP contribution is 2.26. The first-order valence-corrected chi connectivity index (χ1v) is 8.23. The van der Waals surface area contributed by atoms with Crippen LogP contribution in [0.3, 0.4) is 0 Å². The molecule has 1 amide bonds. The van der Waals surface area contributed by atoms with Crippen LogP contribution in [0.15, 0.2) is 48.5 Å². The van der Waals surface area contributed by atoms with Gasteiger partial charge in [0, 0.05) is 18.8 Å². The molecule has 1 aliphatic rings. The van der Waals surface area contributed by atoms with Crippen LogP contribution in [0.1, 0.15) is 23.2 Å². The number of carbonyl (C=O) groups is 2. The van der Waals surface area contributed by atoms with Crippen LogP contribution in [-0.4, -0.2) is 36.7 Å². The number of para-hydroxylation sites is 1. The van der Waals surface area contributed by atoms with Crippen LogP contribution in [0, 0.1) is 0 Å². The molecule has 6 nitrogen and oxygen atoms in total. The minimum absolute atomic E-state index is 0.0810. The number of rotatable bonds is 6. The second-order valence-corrected chi connectivity index (χ2v) is 5.88. The minimum Gasteiger partial charge on any atom is -0.484 e. The summed E-state index contributed by atoms with van der Waals surface area (Å²) in [6.07, 6.45) is 2.22. The summed E-state index contributed by atoms with van der Waals surface area (Å²) in [6.45, 7) is 1.67. The average molecular weight is 340 g/mol. The van der Waals surface area contributed by atoms with Crippen molar-refractivity contribution in [1.82, 2.24) is 0 Å². The number of aromatic carboxylic acids is 1. The maximum absolute atomic E-state index is 12.1. The van der Waals surface area contributed by atoms with Gasteiger partial charge >= 0.3 is 5.97 Å². The summed E-state index contributed by atoms with van der Waals surface area (Å²) < 4.78 is 5.38. The van der Waals surface area contributed by atoms with Gasteiger partial charge in [0.15, 0.2) is 6.61 Å². The molecule has 0 aromatic heterocycles. The number of anilines is 2. The third-order valence-electron chi connectivity index (χ3n) is 4.09. The predicted octanol–water partition coefficient (Wildman–Crippen LogP) is 3.00. The zero-order chi connectivity index (χ0) is 17.6. The van der Waals surface area contributed by atoms with Gasteiger partial charge in [-0.1, -0.05) is 18.2 Å². The lowest BCUT2D eigenvalue weighted by Gasteiger charge is -2.19. The van der Waals surface area contributed by atoms with E-state index in [1.165, 1.54) is 0 Å². The van der Waals surface area contributed by atoms with Crippen LogP contribution in [0.25, 0.3) is 0 Å². The van der Waals surface area contributed by atoms with Crippen LogP contribution in [-0.2, 0) is 4.79 Å². The SMILES string of the molecule is O=C(COc1ccccc1)Nc1ccc(N2CCCC2)cc1C(=O)O. The lowest BCUT2D eigenvalue weighted by molar-refractivity contribution is -0.118. The van der Waals surface area contributed by atoms with Crippen molar-refractivity contribution in [3.05, 3.63) is 54.1 Å². The van der Waals surface area contributed by atoms with Crippen LogP contribution in [0.4, 0.5) is 11.4 Å². The van der Waals surface area contributed by atoms with Crippen molar-refractivity contribution < 1.29 is 19.4 Å². The maximum atomic E-state index is 12.1. The van der Waals surface area contributed by atoms with E-state index in [4.69, 9.17) is 4.74 Å². The Kier molecular flexibility index (Phi) is 5.18. The van der Waals surface area contributed by atoms with Crippen molar-refractivity contribution in [3.8, 4) is 5.75 Å². The van der Waals surface area contributed by atoms with Gasteiger partial charge in [-0.15, -0.1) is 0 Å². The first-order valence-electron chi connectivity index (χ1n) is 8.23. The summed E-state index contributed by atoms with van der Waals surface area (Å²) in [5, 5.41) is 12.1. The van der Waals surface area contributed by atoms with Crippen molar-refractivity contribution in [1.29, 1.82) is 0 Å². The van der Waals surface area contributed by atoms with Gasteiger partial charge in [0.25, 0.3) is 5.91 Å². The highest BCUT2D eigenvalue weighted by Gasteiger charge is 2.18. The molecule has 1 aliphatic heterocycles. The number of amides is 1. The van der Waals surface area contributed by atoms with Crippen LogP contribution >= 0.6 is 0 Å². The van der Waals surface area contributed by atoms with Crippen LogP contribution in [0.5, 0.6) is 5.75 Å². The molecule has 0 atom stereocenters. The van der Waals surface area contributed by atoms with Crippen molar-refractivity contribution in [2.45, 2.75) is 12.8 Å². The molecule has 2 aromatic carbocycles. The van der Waals surface area contributed by atoms with E-state index in [1.54, 1.807) is 24.3 Å². The van der Waals surface area contributed by atoms with Crippen molar-refractivity contribution in [2.75, 3.05) is 29.9 Å². The molecule has 130 valence electrons. The summed E-state index contributed by atoms with van der Waals surface area (Å²) >= 11 is 0. The molecule has 6 heteroatoms. The molecule has 0 saturated carbocycles. The lowest BCUT2D eigenvalue weighted by Crippen LogP contribution is -2.22. The molecule has 0 bridgehead atoms. The smallest absolute Gasteiger partial charge is 0.337 e. The lowest BCUT2D eigenvalue weighted by atomic mass is 10.1. The van der Waals surface area contributed by atoms with E-state index < -0.39 is 11.9 Å². The molecule has 0 spiro atoms. The fourth-order valence-corrected chi connectivity index (χ4v) is 2.84. The highest BCUT2D eigenvalue weighted by molar-refractivity contribution is 6.01. The quantitative estimate of drug-likeness (QED) is 0.845. The third-order valence-corrected chi connectivity index (χ3v) is 4.09. The predicted molar refractivity (Wildman–Crippen MR) is 95.4 cm³/mol. The number of ether oxygens (including phenoxy) is 1. The number of carboxylic acid groups (broad SMARTS) is 1. The average Bonchev–Trinajstić information content (AvgIpc) is 3.16. The second-order valence-electron chi connectivity index (χ2n) is 5.88. The maximum Gasteiger partial charge on any atom is 0.337 e. The molecular weight excluding hydrogens is 320 g/mol. The monoisotopic (exact) mass is 340 g/mol. The van der Waals surface area contributed by atoms with Gasteiger partial charge in [0.1, 0.15) is 5.75 Å². The van der Waals surface area contributed by atoms with Crippen LogP contribution in [0.2, 0.25) is 0 Å². The van der Waals surface area contributed by atoms with Crippen LogP contribution < -0.4 is 15.0 Å². The molecule has 2 aromatic rings. The third kappa shape index (κ3) is 4.29. The summed E-state index contributed by atoms with van der Waals surface area (Å²) in [7, 11) is 0. The number of hydrogen-bond acceptors (Lipinski definition) is 4. The van der Waals surface area contributed by atoms with Crippen molar-refractivity contribution in [2.24, 2.45) is 0 Å². The summed E-state index contributed by atoms with van der Waals surface area (Å²) in [6, 6.07) is 14.1. The number of benzene rings is 2. The topological polar surface area (TPSA) is 78.9 Å². The Morgan fingerprint density at radius 3 is 2.48 bits per heavy atom. The largest absolute Gasteiger partial charge is 0.484 e. The van der Waals surface area contributed by atoms with Crippen molar-refractivity contribution in [3.63, 3.8) is 0 Å². The summed E-state index contributed by atoms with van der Waals surface area (Å²) in [5.41, 5.74) is 1.23. The highest BCUT2D eigenvalue weighted by atomic mass is 16.5. The first kappa shape index (κ1) is 16.8. The molecule has 3 rings (SSSR count). The Hall–Kier alpha value is -3.02. The Balaban J connectivity index is 1.68. The Labute approximate surface area is 146 Å². The molecular formula is C19H20N2O4. The number of carboxylic acids is 1. The van der Waals surface area contributed by atoms with Gasteiger partial charge in [0.2, 0.25) is 0 Å². The zero-order valence-corrected chi connectivity index (χ0v) is 13.8. The summed E-state index contributed by atoms with van der Waals surface area (Å²) in [5.74, 6) is -0.888. The zero-order valence-electron chi connectivity index (χ0n) is 13.8. The normalized spacial score (nSPS) is 13.5. The molecule has 25 heavy (non-hydrogen) atoms. The summed E-state index contributed by atoms with van der Waals surface area (Å²) in [4.78, 5) is 25.8. The van der Waals surface area contributed by atoms with Crippen molar-refractivity contribution >= 4 is 23.3 Å².